The molecule has 0 spiro atoms. The average molecular weight is 180 g/mol. The molecule has 3 heteroatoms. The van der Waals surface area contributed by atoms with Crippen molar-refractivity contribution < 1.29 is 0 Å². The summed E-state index contributed by atoms with van der Waals surface area (Å²) < 4.78 is 0. The van der Waals surface area contributed by atoms with Crippen LogP contribution in [0.2, 0.25) is 18.6 Å². The van der Waals surface area contributed by atoms with Gasteiger partial charge in [0.05, 0.1) is 12.1 Å². The lowest BCUT2D eigenvalue weighted by atomic mass is 10.4. The van der Waals surface area contributed by atoms with Crippen molar-refractivity contribution in [3.8, 4) is 12.1 Å². The molecule has 0 aromatic rings. The summed E-state index contributed by atoms with van der Waals surface area (Å²) in [6.07, 6.45) is 3.54. The Bertz CT molecular complexity index is 158. The molecule has 0 aliphatic carbocycles. The van der Waals surface area contributed by atoms with Gasteiger partial charge in [-0.05, 0) is 12.8 Å². The van der Waals surface area contributed by atoms with Crippen LogP contribution in [0.25, 0.3) is 0 Å². The summed E-state index contributed by atoms with van der Waals surface area (Å²) in [6, 6.07) is 6.85. The minimum Gasteiger partial charge on any atom is -0.198 e. The number of hydrogen-bond acceptors (Lipinski definition) is 2. The van der Waals surface area contributed by atoms with Crippen molar-refractivity contribution in [3.63, 3.8) is 0 Å². The van der Waals surface area contributed by atoms with Gasteiger partial charge in [0.2, 0.25) is 0 Å². The molecule has 0 fully saturated rings. The van der Waals surface area contributed by atoms with E-state index < -0.39 is 8.80 Å². The molecule has 0 saturated carbocycles. The lowest BCUT2D eigenvalue weighted by Crippen LogP contribution is -2.05. The van der Waals surface area contributed by atoms with Crippen LogP contribution in [0.5, 0.6) is 0 Å². The fourth-order valence-electron chi connectivity index (χ4n) is 1.20. The number of nitrogens with zero attached hydrogens (tertiary/aromatic N) is 2. The Labute approximate surface area is 76.4 Å². The van der Waals surface area contributed by atoms with Crippen LogP contribution in [0.15, 0.2) is 0 Å². The van der Waals surface area contributed by atoms with E-state index in [1.165, 1.54) is 12.1 Å². The van der Waals surface area contributed by atoms with Gasteiger partial charge in [-0.15, -0.1) is 0 Å². The van der Waals surface area contributed by atoms with Crippen molar-refractivity contribution >= 4 is 8.80 Å². The van der Waals surface area contributed by atoms with Gasteiger partial charge in [0.25, 0.3) is 0 Å². The van der Waals surface area contributed by atoms with E-state index in [-0.39, 0.29) is 0 Å². The number of unbranched alkanes of at least 4 members (excludes halogenated alkanes) is 2. The Morgan fingerprint density at radius 2 is 1.42 bits per heavy atom. The minimum atomic E-state index is -0.568. The van der Waals surface area contributed by atoms with Crippen molar-refractivity contribution in [1.82, 2.24) is 0 Å². The maximum atomic E-state index is 8.32. The van der Waals surface area contributed by atoms with E-state index in [4.69, 9.17) is 10.5 Å². The third kappa shape index (κ3) is 7.31. The second-order valence-electron chi connectivity index (χ2n) is 3.21. The van der Waals surface area contributed by atoms with Crippen LogP contribution in [0, 0.1) is 22.7 Å². The maximum Gasteiger partial charge on any atom is 0.0621 e. The first-order valence-corrected chi connectivity index (χ1v) is 7.34. The molecule has 0 atom stereocenters. The Kier molecular flexibility index (Phi) is 7.74. The molecule has 0 aromatic carbocycles. The molecule has 2 nitrogen and oxygen atoms in total. The van der Waals surface area contributed by atoms with Gasteiger partial charge >= 0.3 is 0 Å². The van der Waals surface area contributed by atoms with Crippen LogP contribution in [-0.2, 0) is 0 Å². The van der Waals surface area contributed by atoms with E-state index in [0.717, 1.165) is 12.8 Å². The zero-order chi connectivity index (χ0) is 9.23. The molecule has 0 aliphatic heterocycles. The van der Waals surface area contributed by atoms with E-state index in [9.17, 15) is 0 Å². The highest BCUT2D eigenvalue weighted by atomic mass is 28.3. The van der Waals surface area contributed by atoms with Gasteiger partial charge in [-0.3, -0.25) is 0 Å². The number of rotatable bonds is 6. The molecule has 0 radical (unpaired) electrons. The van der Waals surface area contributed by atoms with Gasteiger partial charge in [-0.25, -0.2) is 0 Å². The van der Waals surface area contributed by atoms with Crippen LogP contribution >= 0.6 is 0 Å². The van der Waals surface area contributed by atoms with Crippen LogP contribution in [0.3, 0.4) is 0 Å². The molecule has 66 valence electrons. The summed E-state index contributed by atoms with van der Waals surface area (Å²) in [7, 11) is -0.568. The molecular formula is C9H16N2Si. The summed E-state index contributed by atoms with van der Waals surface area (Å²) >= 11 is 0. The molecular weight excluding hydrogens is 164 g/mol. The fourth-order valence-corrected chi connectivity index (χ4v) is 3.29. The average Bonchev–Trinajstić information content (AvgIpc) is 2.06. The van der Waals surface area contributed by atoms with Crippen molar-refractivity contribution in [1.29, 1.82) is 10.5 Å². The standard InChI is InChI=1S/C9H16N2Si/c1-12(8-4-2-6-10)9-5-3-7-11/h12H,2-5,8-9H2,1H3. The van der Waals surface area contributed by atoms with Crippen molar-refractivity contribution in [2.24, 2.45) is 0 Å². The summed E-state index contributed by atoms with van der Waals surface area (Å²) in [6.45, 7) is 2.33. The van der Waals surface area contributed by atoms with Gasteiger partial charge in [-0.2, -0.15) is 10.5 Å². The third-order valence-corrected chi connectivity index (χ3v) is 4.76. The van der Waals surface area contributed by atoms with Gasteiger partial charge in [-0.1, -0.05) is 18.6 Å². The molecule has 0 aliphatic rings. The first-order chi connectivity index (χ1) is 5.81. The van der Waals surface area contributed by atoms with E-state index in [1.807, 2.05) is 0 Å². The fraction of sp³-hybridized carbons (Fsp3) is 0.778. The molecule has 0 rings (SSSR count). The molecule has 0 bridgehead atoms. The predicted octanol–water partition coefficient (Wildman–Crippen LogP) is 2.45. The Morgan fingerprint density at radius 3 is 1.75 bits per heavy atom. The first-order valence-electron chi connectivity index (χ1n) is 4.55. The SMILES string of the molecule is C[SiH](CCCC#N)CCCC#N. The second-order valence-corrected chi connectivity index (χ2v) is 6.57. The van der Waals surface area contributed by atoms with Gasteiger partial charge in [0.1, 0.15) is 0 Å². The highest BCUT2D eigenvalue weighted by molar-refractivity contribution is 6.57. The lowest BCUT2D eigenvalue weighted by Gasteiger charge is -2.05. The summed E-state index contributed by atoms with van der Waals surface area (Å²) in [5.74, 6) is 0. The van der Waals surface area contributed by atoms with E-state index in [0.29, 0.717) is 12.8 Å². The zero-order valence-electron chi connectivity index (χ0n) is 7.71. The van der Waals surface area contributed by atoms with E-state index in [1.54, 1.807) is 0 Å². The Balaban J connectivity index is 3.18. The molecule has 12 heavy (non-hydrogen) atoms. The predicted molar refractivity (Wildman–Crippen MR) is 52.3 cm³/mol. The summed E-state index contributed by atoms with van der Waals surface area (Å²) in [4.78, 5) is 0. The molecule has 0 unspecified atom stereocenters. The summed E-state index contributed by atoms with van der Waals surface area (Å²) in [5.41, 5.74) is 0. The highest BCUT2D eigenvalue weighted by Crippen LogP contribution is 2.08. The third-order valence-electron chi connectivity index (χ3n) is 1.97. The second kappa shape index (κ2) is 8.29. The topological polar surface area (TPSA) is 47.6 Å². The molecule has 0 saturated heterocycles. The van der Waals surface area contributed by atoms with Gasteiger partial charge < -0.3 is 0 Å². The normalized spacial score (nSPS) is 9.33. The largest absolute Gasteiger partial charge is 0.198 e. The smallest absolute Gasteiger partial charge is 0.0621 e. The Hall–Kier alpha value is -0.803. The minimum absolute atomic E-state index is 0.568. The Morgan fingerprint density at radius 1 is 1.00 bits per heavy atom. The quantitative estimate of drug-likeness (QED) is 0.465. The first kappa shape index (κ1) is 11.2. The van der Waals surface area contributed by atoms with Crippen molar-refractivity contribution in [3.05, 3.63) is 0 Å². The van der Waals surface area contributed by atoms with Crippen molar-refractivity contribution in [2.45, 2.75) is 44.3 Å². The molecule has 0 amide bonds. The van der Waals surface area contributed by atoms with Gasteiger partial charge in [0, 0.05) is 21.6 Å². The zero-order valence-corrected chi connectivity index (χ0v) is 8.87. The maximum absolute atomic E-state index is 8.32. The van der Waals surface area contributed by atoms with Crippen LogP contribution in [0.1, 0.15) is 25.7 Å². The summed E-state index contributed by atoms with van der Waals surface area (Å²) in [5, 5.41) is 16.6. The monoisotopic (exact) mass is 180 g/mol. The molecule has 0 N–H and O–H groups in total. The van der Waals surface area contributed by atoms with Crippen LogP contribution in [0.4, 0.5) is 0 Å². The number of nitriles is 2. The molecule has 0 heterocycles. The van der Waals surface area contributed by atoms with Crippen molar-refractivity contribution in [2.75, 3.05) is 0 Å². The van der Waals surface area contributed by atoms with E-state index >= 15 is 0 Å². The molecule has 0 aromatic heterocycles. The van der Waals surface area contributed by atoms with E-state index in [2.05, 4.69) is 18.7 Å². The van der Waals surface area contributed by atoms with Crippen LogP contribution < -0.4 is 0 Å². The van der Waals surface area contributed by atoms with Gasteiger partial charge in [0.15, 0.2) is 0 Å². The van der Waals surface area contributed by atoms with Crippen LogP contribution in [-0.4, -0.2) is 8.80 Å². The number of hydrogen-bond donors (Lipinski definition) is 0. The lowest BCUT2D eigenvalue weighted by molar-refractivity contribution is 0.912. The highest BCUT2D eigenvalue weighted by Gasteiger charge is 2.02.